The molecular formula is C26H38O8. The Morgan fingerprint density at radius 2 is 1.79 bits per heavy atom. The summed E-state index contributed by atoms with van der Waals surface area (Å²) in [6, 6.07) is 0. The number of ether oxygens (including phenoxy) is 2. The van der Waals surface area contributed by atoms with E-state index in [0.717, 1.165) is 18.4 Å². The van der Waals surface area contributed by atoms with Crippen LogP contribution in [0.4, 0.5) is 0 Å². The average Bonchev–Trinajstić information content (AvgIpc) is 2.82. The topological polar surface area (TPSA) is 134 Å². The molecule has 9 atom stereocenters. The van der Waals surface area contributed by atoms with Crippen molar-refractivity contribution in [3.8, 4) is 0 Å². The predicted octanol–water partition coefficient (Wildman–Crippen LogP) is 1.44. The third-order valence-corrected chi connectivity index (χ3v) is 9.24. The molecule has 3 aliphatic carbocycles. The molecule has 0 amide bonds. The highest BCUT2D eigenvalue weighted by molar-refractivity contribution is 5.99. The predicted molar refractivity (Wildman–Crippen MR) is 122 cm³/mol. The van der Waals surface area contributed by atoms with Crippen LogP contribution in [0.25, 0.3) is 0 Å². The van der Waals surface area contributed by atoms with Crippen molar-refractivity contribution < 1.29 is 39.5 Å². The quantitative estimate of drug-likeness (QED) is 0.436. The van der Waals surface area contributed by atoms with E-state index in [4.69, 9.17) is 9.47 Å². The molecule has 8 nitrogen and oxygen atoms in total. The van der Waals surface area contributed by atoms with Crippen molar-refractivity contribution in [3.63, 3.8) is 0 Å². The van der Waals surface area contributed by atoms with Gasteiger partial charge in [-0.1, -0.05) is 32.4 Å². The molecular weight excluding hydrogens is 440 g/mol. The average molecular weight is 479 g/mol. The van der Waals surface area contributed by atoms with Gasteiger partial charge in [0, 0.05) is 12.8 Å². The molecule has 4 unspecified atom stereocenters. The lowest BCUT2D eigenvalue weighted by Gasteiger charge is -2.56. The molecule has 34 heavy (non-hydrogen) atoms. The normalized spacial score (nSPS) is 47.3. The third-order valence-electron chi connectivity index (χ3n) is 9.24. The van der Waals surface area contributed by atoms with Crippen molar-refractivity contribution in [2.45, 2.75) is 90.0 Å². The largest absolute Gasteiger partial charge is 0.394 e. The summed E-state index contributed by atoms with van der Waals surface area (Å²) in [6.45, 7) is 9.42. The highest BCUT2D eigenvalue weighted by atomic mass is 16.7. The Labute approximate surface area is 200 Å². The van der Waals surface area contributed by atoms with Gasteiger partial charge >= 0.3 is 0 Å². The van der Waals surface area contributed by atoms with Crippen molar-refractivity contribution in [1.29, 1.82) is 0 Å². The molecule has 1 saturated carbocycles. The van der Waals surface area contributed by atoms with Gasteiger partial charge in [0.05, 0.1) is 18.6 Å². The number of aliphatic hydroxyl groups excluding tert-OH is 4. The van der Waals surface area contributed by atoms with Gasteiger partial charge in [0.2, 0.25) is 0 Å². The number of carbonyl (C=O) groups is 2. The van der Waals surface area contributed by atoms with Gasteiger partial charge in [0.1, 0.15) is 30.2 Å². The monoisotopic (exact) mass is 478 g/mol. The van der Waals surface area contributed by atoms with Crippen molar-refractivity contribution in [1.82, 2.24) is 0 Å². The first-order chi connectivity index (χ1) is 15.9. The first-order valence-corrected chi connectivity index (χ1v) is 12.2. The van der Waals surface area contributed by atoms with Crippen LogP contribution in [0.1, 0.15) is 59.3 Å². The summed E-state index contributed by atoms with van der Waals surface area (Å²) in [5.74, 6) is -0.173. The van der Waals surface area contributed by atoms with Crippen LogP contribution >= 0.6 is 0 Å². The van der Waals surface area contributed by atoms with E-state index in [9.17, 15) is 30.0 Å². The van der Waals surface area contributed by atoms with E-state index in [1.54, 1.807) is 0 Å². The van der Waals surface area contributed by atoms with Crippen LogP contribution in [-0.4, -0.2) is 75.9 Å². The summed E-state index contributed by atoms with van der Waals surface area (Å²) in [7, 11) is 0. The van der Waals surface area contributed by atoms with Crippen LogP contribution in [0.3, 0.4) is 0 Å². The molecule has 0 aromatic carbocycles. The summed E-state index contributed by atoms with van der Waals surface area (Å²) in [6.07, 6.45) is -1.34. The minimum atomic E-state index is -1.55. The number of aliphatic hydroxyl groups is 4. The van der Waals surface area contributed by atoms with Crippen LogP contribution in [0.2, 0.25) is 0 Å². The molecule has 0 aromatic rings. The van der Waals surface area contributed by atoms with Gasteiger partial charge in [0.25, 0.3) is 0 Å². The van der Waals surface area contributed by atoms with Crippen LogP contribution in [0, 0.1) is 22.2 Å². The minimum Gasteiger partial charge on any atom is -0.394 e. The fraction of sp³-hybridized carbons (Fsp3) is 0.769. The molecule has 1 saturated heterocycles. The zero-order valence-electron chi connectivity index (χ0n) is 20.3. The van der Waals surface area contributed by atoms with E-state index in [1.165, 1.54) is 5.57 Å². The standard InChI is InChI=1S/C26H38O8/c1-5-24(2)8-6-15-14(11-24)16(28)10-18-25(15,3)9-7-19(29)26(18,4)13-33-23-22(32)21(31)20(30)17(12-27)34-23/h5,17-18,20-23,27,30-32H,1,6-13H2,2-4H3/t17?,18?,20-,21?,22?,23-,24+,25-,26-/m1/s1. The Balaban J connectivity index is 1.60. The first-order valence-electron chi connectivity index (χ1n) is 12.2. The van der Waals surface area contributed by atoms with Gasteiger partial charge in [-0.25, -0.2) is 0 Å². The third kappa shape index (κ3) is 3.92. The fourth-order valence-corrected chi connectivity index (χ4v) is 6.72. The molecule has 0 bridgehead atoms. The van der Waals surface area contributed by atoms with E-state index >= 15 is 0 Å². The van der Waals surface area contributed by atoms with Gasteiger partial charge in [0.15, 0.2) is 12.1 Å². The summed E-state index contributed by atoms with van der Waals surface area (Å²) in [5.41, 5.74) is 0.669. The molecule has 1 aliphatic heterocycles. The number of ketones is 2. The number of fused-ring (bicyclic) bond motifs is 2. The zero-order valence-corrected chi connectivity index (χ0v) is 20.3. The van der Waals surface area contributed by atoms with Gasteiger partial charge < -0.3 is 29.9 Å². The second-order valence-corrected chi connectivity index (χ2v) is 11.4. The highest BCUT2D eigenvalue weighted by Gasteiger charge is 2.59. The molecule has 2 fully saturated rings. The highest BCUT2D eigenvalue weighted by Crippen LogP contribution is 2.61. The van der Waals surface area contributed by atoms with Gasteiger partial charge in [-0.3, -0.25) is 9.59 Å². The number of hydrogen-bond acceptors (Lipinski definition) is 8. The number of hydrogen-bond donors (Lipinski definition) is 4. The van der Waals surface area contributed by atoms with E-state index in [2.05, 4.69) is 20.4 Å². The van der Waals surface area contributed by atoms with Gasteiger partial charge in [-0.15, -0.1) is 6.58 Å². The smallest absolute Gasteiger partial charge is 0.186 e. The van der Waals surface area contributed by atoms with Crippen LogP contribution in [-0.2, 0) is 19.1 Å². The molecule has 4 N–H and O–H groups in total. The fourth-order valence-electron chi connectivity index (χ4n) is 6.72. The lowest BCUT2D eigenvalue weighted by atomic mass is 9.47. The van der Waals surface area contributed by atoms with Crippen LogP contribution in [0.5, 0.6) is 0 Å². The van der Waals surface area contributed by atoms with Crippen molar-refractivity contribution in [2.75, 3.05) is 13.2 Å². The van der Waals surface area contributed by atoms with E-state index in [1.807, 2.05) is 13.0 Å². The molecule has 0 radical (unpaired) electrons. The Morgan fingerprint density at radius 3 is 2.44 bits per heavy atom. The second-order valence-electron chi connectivity index (χ2n) is 11.4. The Bertz CT molecular complexity index is 895. The molecule has 8 heteroatoms. The minimum absolute atomic E-state index is 0.00292. The van der Waals surface area contributed by atoms with Gasteiger partial charge in [-0.2, -0.15) is 0 Å². The van der Waals surface area contributed by atoms with Gasteiger partial charge in [-0.05, 0) is 48.0 Å². The maximum atomic E-state index is 13.3. The van der Waals surface area contributed by atoms with Crippen LogP contribution in [0.15, 0.2) is 23.8 Å². The van der Waals surface area contributed by atoms with Crippen molar-refractivity contribution >= 4 is 11.6 Å². The maximum absolute atomic E-state index is 13.3. The first kappa shape index (κ1) is 25.7. The van der Waals surface area contributed by atoms with E-state index in [0.29, 0.717) is 19.3 Å². The summed E-state index contributed by atoms with van der Waals surface area (Å²) >= 11 is 0. The van der Waals surface area contributed by atoms with E-state index in [-0.39, 0.29) is 41.3 Å². The lowest BCUT2D eigenvalue weighted by molar-refractivity contribution is -0.307. The Morgan fingerprint density at radius 1 is 1.09 bits per heavy atom. The summed E-state index contributed by atoms with van der Waals surface area (Å²) < 4.78 is 11.3. The second kappa shape index (κ2) is 8.91. The molecule has 0 aromatic heterocycles. The zero-order chi connectivity index (χ0) is 25.1. The molecule has 4 aliphatic rings. The Kier molecular flexibility index (Phi) is 6.72. The molecule has 190 valence electrons. The molecule has 1 heterocycles. The Hall–Kier alpha value is -1.42. The summed E-state index contributed by atoms with van der Waals surface area (Å²) in [5, 5.41) is 39.9. The maximum Gasteiger partial charge on any atom is 0.186 e. The number of allylic oxidation sites excluding steroid dienone is 3. The summed E-state index contributed by atoms with van der Waals surface area (Å²) in [4.78, 5) is 26.6. The molecule has 0 spiro atoms. The SMILES string of the molecule is C=C[C@@]1(C)CCC2=C(C1)C(=O)CC1[C@@](C)(CO[C@@H]3OC(CO)[C@@H](O)C(O)C3O)C(=O)CC[C@]21C. The van der Waals surface area contributed by atoms with Crippen LogP contribution < -0.4 is 0 Å². The number of Topliss-reactive ketones (excluding diaryl/α,β-unsaturated/α-hetero) is 2. The number of carbonyl (C=O) groups excluding carboxylic acids is 2. The number of rotatable bonds is 5. The lowest BCUT2D eigenvalue weighted by Crippen LogP contribution is -2.60. The van der Waals surface area contributed by atoms with E-state index < -0.39 is 42.7 Å². The molecule has 4 rings (SSSR count). The van der Waals surface area contributed by atoms with Crippen molar-refractivity contribution in [3.05, 3.63) is 23.8 Å². The van der Waals surface area contributed by atoms with Crippen molar-refractivity contribution in [2.24, 2.45) is 22.2 Å².